The number of ether oxygens (including phenoxy) is 1. The highest BCUT2D eigenvalue weighted by Crippen LogP contribution is 2.39. The molecule has 19 heavy (non-hydrogen) atoms. The number of rotatable bonds is 6. The van der Waals surface area contributed by atoms with Gasteiger partial charge in [-0.25, -0.2) is 0 Å². The first-order valence-electron chi connectivity index (χ1n) is 8.03. The molecule has 1 N–H and O–H groups in total. The zero-order valence-electron chi connectivity index (χ0n) is 13.1. The van der Waals surface area contributed by atoms with E-state index in [1.807, 2.05) is 7.11 Å². The summed E-state index contributed by atoms with van der Waals surface area (Å²) in [4.78, 5) is 2.69. The predicted octanol–water partition coefficient (Wildman–Crippen LogP) is 2.37. The van der Waals surface area contributed by atoms with Crippen molar-refractivity contribution in [1.29, 1.82) is 0 Å². The topological polar surface area (TPSA) is 24.5 Å². The zero-order chi connectivity index (χ0) is 13.7. The van der Waals surface area contributed by atoms with Gasteiger partial charge in [-0.3, -0.25) is 0 Å². The van der Waals surface area contributed by atoms with Crippen molar-refractivity contribution in [2.75, 3.05) is 46.9 Å². The zero-order valence-corrected chi connectivity index (χ0v) is 13.1. The van der Waals surface area contributed by atoms with Gasteiger partial charge < -0.3 is 15.0 Å². The highest BCUT2D eigenvalue weighted by atomic mass is 16.5. The number of hydrogen-bond donors (Lipinski definition) is 1. The molecule has 3 heteroatoms. The van der Waals surface area contributed by atoms with E-state index >= 15 is 0 Å². The summed E-state index contributed by atoms with van der Waals surface area (Å²) in [6.07, 6.45) is 6.95. The summed E-state index contributed by atoms with van der Waals surface area (Å²) >= 11 is 0. The fourth-order valence-electron chi connectivity index (χ4n) is 4.04. The molecule has 0 radical (unpaired) electrons. The largest absolute Gasteiger partial charge is 0.384 e. The maximum Gasteiger partial charge on any atom is 0.0503 e. The molecule has 2 fully saturated rings. The minimum Gasteiger partial charge on any atom is -0.384 e. The molecule has 0 amide bonds. The van der Waals surface area contributed by atoms with Crippen LogP contribution in [0.25, 0.3) is 0 Å². The minimum atomic E-state index is 0.531. The second-order valence-corrected chi connectivity index (χ2v) is 7.06. The van der Waals surface area contributed by atoms with Crippen molar-refractivity contribution in [2.45, 2.75) is 39.0 Å². The first-order chi connectivity index (χ1) is 9.17. The van der Waals surface area contributed by atoms with E-state index < -0.39 is 0 Å². The van der Waals surface area contributed by atoms with Crippen LogP contribution < -0.4 is 5.32 Å². The summed E-state index contributed by atoms with van der Waals surface area (Å²) in [6.45, 7) is 8.34. The maximum absolute atomic E-state index is 5.31. The first kappa shape index (κ1) is 15.3. The lowest BCUT2D eigenvalue weighted by molar-refractivity contribution is 0.0932. The molecule has 0 bridgehead atoms. The molecule has 1 unspecified atom stereocenters. The van der Waals surface area contributed by atoms with Crippen LogP contribution in [-0.4, -0.2) is 51.8 Å². The molecule has 0 spiro atoms. The predicted molar refractivity (Wildman–Crippen MR) is 80.4 cm³/mol. The average molecular weight is 268 g/mol. The Bertz CT molecular complexity index is 261. The highest BCUT2D eigenvalue weighted by Gasteiger charge is 2.36. The Morgan fingerprint density at radius 2 is 2.00 bits per heavy atom. The Balaban J connectivity index is 1.87. The Morgan fingerprint density at radius 1 is 1.26 bits per heavy atom. The fourth-order valence-corrected chi connectivity index (χ4v) is 4.04. The van der Waals surface area contributed by atoms with Gasteiger partial charge >= 0.3 is 0 Å². The molecule has 1 atom stereocenters. The maximum atomic E-state index is 5.31. The van der Waals surface area contributed by atoms with Gasteiger partial charge in [-0.1, -0.05) is 19.8 Å². The van der Waals surface area contributed by atoms with E-state index in [1.54, 1.807) is 0 Å². The molecule has 1 saturated heterocycles. The summed E-state index contributed by atoms with van der Waals surface area (Å²) in [5, 5.41) is 3.45. The van der Waals surface area contributed by atoms with Crippen molar-refractivity contribution in [1.82, 2.24) is 10.2 Å². The molecule has 1 aliphatic carbocycles. The van der Waals surface area contributed by atoms with E-state index in [4.69, 9.17) is 4.74 Å². The summed E-state index contributed by atoms with van der Waals surface area (Å²) in [5.41, 5.74) is 0.531. The fraction of sp³-hybridized carbons (Fsp3) is 1.00. The van der Waals surface area contributed by atoms with Crippen molar-refractivity contribution >= 4 is 0 Å². The number of methoxy groups -OCH3 is 1. The van der Waals surface area contributed by atoms with Crippen LogP contribution in [0.2, 0.25) is 0 Å². The number of nitrogens with zero attached hydrogens (tertiary/aromatic N) is 1. The van der Waals surface area contributed by atoms with Gasteiger partial charge in [0.15, 0.2) is 0 Å². The average Bonchev–Trinajstić information content (AvgIpc) is 2.81. The van der Waals surface area contributed by atoms with Gasteiger partial charge in [0.2, 0.25) is 0 Å². The number of likely N-dealkylation sites (tertiary alicyclic amines) is 1. The van der Waals surface area contributed by atoms with Crippen LogP contribution in [0.5, 0.6) is 0 Å². The Hall–Kier alpha value is -0.120. The van der Waals surface area contributed by atoms with Crippen molar-refractivity contribution in [3.63, 3.8) is 0 Å². The van der Waals surface area contributed by atoms with Crippen molar-refractivity contribution in [2.24, 2.45) is 17.3 Å². The SMILES string of the molecule is CNCC1(CN2CCC(COC)C2)CCC(C)CC1. The van der Waals surface area contributed by atoms with Crippen LogP contribution in [0.4, 0.5) is 0 Å². The summed E-state index contributed by atoms with van der Waals surface area (Å²) in [5.74, 6) is 1.70. The van der Waals surface area contributed by atoms with Gasteiger partial charge in [-0.15, -0.1) is 0 Å². The molecule has 1 heterocycles. The lowest BCUT2D eigenvalue weighted by Crippen LogP contribution is -2.45. The third-order valence-electron chi connectivity index (χ3n) is 5.22. The normalized spacial score (nSPS) is 36.8. The lowest BCUT2D eigenvalue weighted by atomic mass is 9.70. The molecular formula is C16H32N2O. The minimum absolute atomic E-state index is 0.531. The van der Waals surface area contributed by atoms with E-state index in [0.29, 0.717) is 5.41 Å². The Kier molecular flexibility index (Phi) is 5.67. The lowest BCUT2D eigenvalue weighted by Gasteiger charge is -2.42. The van der Waals surface area contributed by atoms with Crippen molar-refractivity contribution in [3.8, 4) is 0 Å². The van der Waals surface area contributed by atoms with Crippen LogP contribution in [0.3, 0.4) is 0 Å². The van der Waals surface area contributed by atoms with Gasteiger partial charge in [-0.05, 0) is 50.1 Å². The third kappa shape index (κ3) is 4.17. The van der Waals surface area contributed by atoms with E-state index in [2.05, 4.69) is 24.2 Å². The molecule has 0 aromatic rings. The second kappa shape index (κ2) is 7.05. The second-order valence-electron chi connectivity index (χ2n) is 7.06. The quantitative estimate of drug-likeness (QED) is 0.800. The van der Waals surface area contributed by atoms with E-state index in [-0.39, 0.29) is 0 Å². The van der Waals surface area contributed by atoms with Gasteiger partial charge in [0.05, 0.1) is 6.61 Å². The Labute approximate surface area is 119 Å². The van der Waals surface area contributed by atoms with Crippen LogP contribution in [-0.2, 0) is 4.74 Å². The van der Waals surface area contributed by atoms with E-state index in [1.165, 1.54) is 58.3 Å². The van der Waals surface area contributed by atoms with Crippen LogP contribution in [0.1, 0.15) is 39.0 Å². The van der Waals surface area contributed by atoms with Crippen LogP contribution in [0.15, 0.2) is 0 Å². The smallest absolute Gasteiger partial charge is 0.0503 e. The molecule has 1 saturated carbocycles. The molecule has 0 aromatic heterocycles. The molecule has 0 aromatic carbocycles. The first-order valence-corrected chi connectivity index (χ1v) is 8.03. The molecular weight excluding hydrogens is 236 g/mol. The summed E-state index contributed by atoms with van der Waals surface area (Å²) in [6, 6.07) is 0. The number of nitrogens with one attached hydrogen (secondary N) is 1. The highest BCUT2D eigenvalue weighted by molar-refractivity contribution is 4.91. The molecule has 112 valence electrons. The molecule has 3 nitrogen and oxygen atoms in total. The molecule has 2 rings (SSSR count). The summed E-state index contributed by atoms with van der Waals surface area (Å²) in [7, 11) is 3.94. The molecule has 2 aliphatic rings. The van der Waals surface area contributed by atoms with Gasteiger partial charge in [-0.2, -0.15) is 0 Å². The van der Waals surface area contributed by atoms with Gasteiger partial charge in [0, 0.05) is 26.7 Å². The van der Waals surface area contributed by atoms with Gasteiger partial charge in [0.25, 0.3) is 0 Å². The van der Waals surface area contributed by atoms with E-state index in [0.717, 1.165) is 18.4 Å². The monoisotopic (exact) mass is 268 g/mol. The standard InChI is InChI=1S/C16H32N2O/c1-14-4-7-16(8-5-14,12-17-2)13-18-9-6-15(10-18)11-19-3/h14-15,17H,4-13H2,1-3H3. The van der Waals surface area contributed by atoms with Gasteiger partial charge in [0.1, 0.15) is 0 Å². The Morgan fingerprint density at radius 3 is 2.63 bits per heavy atom. The van der Waals surface area contributed by atoms with Crippen LogP contribution >= 0.6 is 0 Å². The van der Waals surface area contributed by atoms with Crippen LogP contribution in [0, 0.1) is 17.3 Å². The van der Waals surface area contributed by atoms with E-state index in [9.17, 15) is 0 Å². The third-order valence-corrected chi connectivity index (χ3v) is 5.22. The van der Waals surface area contributed by atoms with Crippen molar-refractivity contribution < 1.29 is 4.74 Å². The number of hydrogen-bond acceptors (Lipinski definition) is 3. The van der Waals surface area contributed by atoms with Crippen molar-refractivity contribution in [3.05, 3.63) is 0 Å². The summed E-state index contributed by atoms with van der Waals surface area (Å²) < 4.78 is 5.31. The molecule has 1 aliphatic heterocycles.